The quantitative estimate of drug-likeness (QED) is 0.564. The first-order valence-corrected chi connectivity index (χ1v) is 6.83. The lowest BCUT2D eigenvalue weighted by Gasteiger charge is -2.03. The molecule has 0 radical (unpaired) electrons. The monoisotopic (exact) mass is 334 g/mol. The molecule has 110 valence electrons. The summed E-state index contributed by atoms with van der Waals surface area (Å²) in [7, 11) is 0. The number of rotatable bonds is 4. The van der Waals surface area contributed by atoms with E-state index in [1.807, 2.05) is 0 Å². The summed E-state index contributed by atoms with van der Waals surface area (Å²) in [5.74, 6) is 0.454. The zero-order valence-corrected chi connectivity index (χ0v) is 12.4. The molecule has 0 aliphatic rings. The summed E-state index contributed by atoms with van der Waals surface area (Å²) >= 11 is 11.9. The predicted octanol–water partition coefficient (Wildman–Crippen LogP) is 2.54. The molecule has 0 spiro atoms. The Morgan fingerprint density at radius 2 is 1.68 bits per heavy atom. The molecule has 0 unspecified atom stereocenters. The van der Waals surface area contributed by atoms with Crippen LogP contribution in [0, 0.1) is 0 Å². The van der Waals surface area contributed by atoms with Crippen molar-refractivity contribution in [1.82, 2.24) is 30.4 Å². The SMILES string of the molecule is O=C(C=C(c1ncn[nH]1)c1ncn[nH]1)c1ccc(Cl)cc1Cl. The number of benzene rings is 1. The fourth-order valence-corrected chi connectivity index (χ4v) is 2.32. The van der Waals surface area contributed by atoms with Gasteiger partial charge in [-0.25, -0.2) is 9.97 Å². The minimum absolute atomic E-state index is 0.267. The molecule has 0 aliphatic carbocycles. The highest BCUT2D eigenvalue weighted by Crippen LogP contribution is 2.23. The van der Waals surface area contributed by atoms with Crippen molar-refractivity contribution in [1.29, 1.82) is 0 Å². The van der Waals surface area contributed by atoms with Crippen LogP contribution in [0.2, 0.25) is 10.0 Å². The van der Waals surface area contributed by atoms with Gasteiger partial charge in [-0.05, 0) is 18.2 Å². The second-order valence-electron chi connectivity index (χ2n) is 4.21. The lowest BCUT2D eigenvalue weighted by molar-refractivity contribution is 0.104. The van der Waals surface area contributed by atoms with E-state index in [4.69, 9.17) is 23.2 Å². The molecule has 7 nitrogen and oxygen atoms in total. The number of aromatic amines is 2. The molecular formula is C13H8Cl2N6O. The van der Waals surface area contributed by atoms with Crippen molar-refractivity contribution < 1.29 is 4.79 Å². The van der Waals surface area contributed by atoms with E-state index in [2.05, 4.69) is 30.4 Å². The van der Waals surface area contributed by atoms with E-state index in [1.54, 1.807) is 12.1 Å². The molecule has 0 aliphatic heterocycles. The Bertz CT molecular complexity index is 790. The Labute approximate surface area is 134 Å². The maximum atomic E-state index is 12.4. The number of carbonyl (C=O) groups is 1. The summed E-state index contributed by atoms with van der Waals surface area (Å²) in [6.07, 6.45) is 4.02. The van der Waals surface area contributed by atoms with Gasteiger partial charge in [0.25, 0.3) is 0 Å². The number of H-pyrrole nitrogens is 2. The molecule has 0 fully saturated rings. The lowest BCUT2D eigenvalue weighted by Crippen LogP contribution is -2.01. The highest BCUT2D eigenvalue weighted by Gasteiger charge is 2.16. The number of carbonyl (C=O) groups excluding carboxylic acids is 1. The van der Waals surface area contributed by atoms with Crippen LogP contribution in [0.25, 0.3) is 5.57 Å². The van der Waals surface area contributed by atoms with Gasteiger partial charge in [-0.1, -0.05) is 23.2 Å². The molecule has 0 saturated carbocycles. The van der Waals surface area contributed by atoms with Gasteiger partial charge in [0.15, 0.2) is 17.4 Å². The third kappa shape index (κ3) is 2.90. The number of nitrogens with one attached hydrogen (secondary N) is 2. The van der Waals surface area contributed by atoms with E-state index < -0.39 is 0 Å². The molecule has 1 aromatic carbocycles. The van der Waals surface area contributed by atoms with Crippen molar-refractivity contribution in [3.8, 4) is 0 Å². The van der Waals surface area contributed by atoms with Gasteiger partial charge in [-0.3, -0.25) is 15.0 Å². The molecule has 0 saturated heterocycles. The molecule has 3 aromatic rings. The number of ketones is 1. The molecule has 0 bridgehead atoms. The van der Waals surface area contributed by atoms with Crippen LogP contribution in [0.1, 0.15) is 22.0 Å². The van der Waals surface area contributed by atoms with Crippen LogP contribution >= 0.6 is 23.2 Å². The molecule has 0 amide bonds. The number of hydrogen-bond donors (Lipinski definition) is 2. The molecule has 3 rings (SSSR count). The normalized spacial score (nSPS) is 10.5. The number of aromatic nitrogens is 6. The average Bonchev–Trinajstić information content (AvgIpc) is 3.18. The fraction of sp³-hybridized carbons (Fsp3) is 0. The van der Waals surface area contributed by atoms with Crippen LogP contribution in [0.3, 0.4) is 0 Å². The number of allylic oxidation sites excluding steroid dienone is 1. The van der Waals surface area contributed by atoms with E-state index in [1.165, 1.54) is 24.8 Å². The van der Waals surface area contributed by atoms with Crippen molar-refractivity contribution >= 4 is 34.6 Å². The van der Waals surface area contributed by atoms with Crippen LogP contribution in [0.15, 0.2) is 36.9 Å². The van der Waals surface area contributed by atoms with Crippen LogP contribution in [-0.4, -0.2) is 36.1 Å². The highest BCUT2D eigenvalue weighted by atomic mass is 35.5. The van der Waals surface area contributed by atoms with Crippen molar-refractivity contribution in [2.45, 2.75) is 0 Å². The third-order valence-corrected chi connectivity index (χ3v) is 3.36. The van der Waals surface area contributed by atoms with Gasteiger partial charge in [0.2, 0.25) is 0 Å². The molecule has 2 heterocycles. The van der Waals surface area contributed by atoms with Crippen molar-refractivity contribution in [3.63, 3.8) is 0 Å². The lowest BCUT2D eigenvalue weighted by atomic mass is 10.1. The Morgan fingerprint density at radius 1 is 1.05 bits per heavy atom. The van der Waals surface area contributed by atoms with E-state index >= 15 is 0 Å². The molecule has 22 heavy (non-hydrogen) atoms. The van der Waals surface area contributed by atoms with Crippen molar-refractivity contribution in [2.75, 3.05) is 0 Å². The van der Waals surface area contributed by atoms with Gasteiger partial charge in [-0.15, -0.1) is 0 Å². The van der Waals surface area contributed by atoms with Gasteiger partial charge in [-0.2, -0.15) is 10.2 Å². The van der Waals surface area contributed by atoms with Crippen molar-refractivity contribution in [3.05, 3.63) is 64.2 Å². The van der Waals surface area contributed by atoms with Gasteiger partial charge < -0.3 is 0 Å². The second-order valence-corrected chi connectivity index (χ2v) is 5.06. The molecule has 2 aromatic heterocycles. The molecular weight excluding hydrogens is 327 g/mol. The van der Waals surface area contributed by atoms with E-state index in [0.717, 1.165) is 0 Å². The standard InChI is InChI=1S/C13H8Cl2N6O/c14-7-1-2-8(10(15)3-7)11(22)4-9(12-16-5-18-20-12)13-17-6-19-21-13/h1-6H,(H,16,18,20)(H,17,19,21). The van der Waals surface area contributed by atoms with Gasteiger partial charge >= 0.3 is 0 Å². The second kappa shape index (κ2) is 6.08. The minimum atomic E-state index is -0.315. The number of nitrogens with zero attached hydrogens (tertiary/aromatic N) is 4. The third-order valence-electron chi connectivity index (χ3n) is 2.81. The topological polar surface area (TPSA) is 100 Å². The highest BCUT2D eigenvalue weighted by molar-refractivity contribution is 6.37. The molecule has 9 heteroatoms. The fourth-order valence-electron chi connectivity index (χ4n) is 1.82. The number of hydrogen-bond acceptors (Lipinski definition) is 5. The molecule has 2 N–H and O–H groups in total. The Hall–Kier alpha value is -2.51. The summed E-state index contributed by atoms with van der Waals surface area (Å²) in [6.45, 7) is 0. The summed E-state index contributed by atoms with van der Waals surface area (Å²) in [4.78, 5) is 20.5. The minimum Gasteiger partial charge on any atom is -0.289 e. The first-order chi connectivity index (χ1) is 10.6. The average molecular weight is 335 g/mol. The largest absolute Gasteiger partial charge is 0.289 e. The summed E-state index contributed by atoms with van der Waals surface area (Å²) in [5, 5.41) is 13.6. The summed E-state index contributed by atoms with van der Waals surface area (Å²) < 4.78 is 0. The van der Waals surface area contributed by atoms with E-state index in [0.29, 0.717) is 27.8 Å². The number of halogens is 2. The Kier molecular flexibility index (Phi) is 3.99. The van der Waals surface area contributed by atoms with E-state index in [-0.39, 0.29) is 10.8 Å². The smallest absolute Gasteiger partial charge is 0.188 e. The zero-order chi connectivity index (χ0) is 15.5. The summed E-state index contributed by atoms with van der Waals surface area (Å²) in [5.41, 5.74) is 0.744. The van der Waals surface area contributed by atoms with E-state index in [9.17, 15) is 4.79 Å². The van der Waals surface area contributed by atoms with Gasteiger partial charge in [0, 0.05) is 16.7 Å². The van der Waals surface area contributed by atoms with Crippen LogP contribution in [0.5, 0.6) is 0 Å². The van der Waals surface area contributed by atoms with Crippen LogP contribution in [0.4, 0.5) is 0 Å². The first-order valence-electron chi connectivity index (χ1n) is 6.07. The van der Waals surface area contributed by atoms with Crippen molar-refractivity contribution in [2.24, 2.45) is 0 Å². The van der Waals surface area contributed by atoms with Gasteiger partial charge in [0.05, 0.1) is 10.6 Å². The van der Waals surface area contributed by atoms with Gasteiger partial charge in [0.1, 0.15) is 12.7 Å². The maximum absolute atomic E-state index is 12.4. The summed E-state index contributed by atoms with van der Waals surface area (Å²) in [6, 6.07) is 4.66. The molecule has 0 atom stereocenters. The Morgan fingerprint density at radius 3 is 2.18 bits per heavy atom. The Balaban J connectivity index is 2.04. The first kappa shape index (κ1) is 14.4. The zero-order valence-electron chi connectivity index (χ0n) is 10.9. The van der Waals surface area contributed by atoms with Crippen LogP contribution < -0.4 is 0 Å². The maximum Gasteiger partial charge on any atom is 0.188 e. The van der Waals surface area contributed by atoms with Crippen LogP contribution in [-0.2, 0) is 0 Å². The predicted molar refractivity (Wildman–Crippen MR) is 80.6 cm³/mol.